The van der Waals surface area contributed by atoms with Crippen LogP contribution in [0.5, 0.6) is 0 Å². The Morgan fingerprint density at radius 2 is 2.34 bits per heavy atom. The normalized spacial score (nSPS) is 11.3. The van der Waals surface area contributed by atoms with Crippen molar-refractivity contribution in [2.24, 2.45) is 12.1 Å². The first-order valence-electron chi connectivity index (χ1n) is 7.99. The summed E-state index contributed by atoms with van der Waals surface area (Å²) in [6.07, 6.45) is 3.11. The van der Waals surface area contributed by atoms with Gasteiger partial charge in [-0.1, -0.05) is 17.0 Å². The Labute approximate surface area is 171 Å². The molecule has 15 heteroatoms. The van der Waals surface area contributed by atoms with Crippen molar-refractivity contribution in [2.45, 2.75) is 10.9 Å². The molecule has 0 radical (unpaired) electrons. The number of hydrazone groups is 1. The zero-order valence-corrected chi connectivity index (χ0v) is 16.5. The van der Waals surface area contributed by atoms with Crippen molar-refractivity contribution in [3.8, 4) is 5.82 Å². The Morgan fingerprint density at radius 1 is 1.45 bits per heavy atom. The lowest BCUT2D eigenvalue weighted by Crippen LogP contribution is -2.20. The highest BCUT2D eigenvalue weighted by molar-refractivity contribution is 7.98. The molecule has 4 aromatic rings. The van der Waals surface area contributed by atoms with E-state index >= 15 is 0 Å². The van der Waals surface area contributed by atoms with E-state index in [0.717, 1.165) is 5.56 Å². The van der Waals surface area contributed by atoms with Gasteiger partial charge in [0.1, 0.15) is 6.33 Å². The number of nitrogens with two attached hydrogens (primary N) is 1. The van der Waals surface area contributed by atoms with Crippen molar-refractivity contribution in [3.05, 3.63) is 40.1 Å². The number of aromatic nitrogens is 8. The van der Waals surface area contributed by atoms with Crippen LogP contribution < -0.4 is 11.2 Å². The first kappa shape index (κ1) is 18.8. The molecule has 0 bridgehead atoms. The van der Waals surface area contributed by atoms with Gasteiger partial charge in [-0.2, -0.15) is 21.1 Å². The number of aryl methyl sites for hydroxylation is 1. The van der Waals surface area contributed by atoms with Crippen molar-refractivity contribution in [1.82, 2.24) is 45.5 Å². The summed E-state index contributed by atoms with van der Waals surface area (Å²) in [7, 11) is 1.81. The van der Waals surface area contributed by atoms with Crippen LogP contribution in [0.15, 0.2) is 38.0 Å². The van der Waals surface area contributed by atoms with E-state index in [1.165, 1.54) is 34.0 Å². The molecule has 0 saturated carbocycles. The van der Waals surface area contributed by atoms with E-state index in [9.17, 15) is 4.79 Å². The molecule has 0 aliphatic heterocycles. The zero-order valence-electron chi connectivity index (χ0n) is 14.8. The molecule has 4 aromatic heterocycles. The molecule has 3 N–H and O–H groups in total. The van der Waals surface area contributed by atoms with Crippen LogP contribution in [0, 0.1) is 0 Å². The van der Waals surface area contributed by atoms with Gasteiger partial charge in [-0.25, -0.2) is 10.1 Å². The van der Waals surface area contributed by atoms with E-state index in [0.29, 0.717) is 10.9 Å². The molecule has 0 fully saturated rings. The summed E-state index contributed by atoms with van der Waals surface area (Å²) in [5.74, 6) is -0.108. The number of hydrogen-bond donors (Lipinski definition) is 2. The molecule has 29 heavy (non-hydrogen) atoms. The van der Waals surface area contributed by atoms with Gasteiger partial charge >= 0.3 is 0 Å². The molecule has 0 aliphatic carbocycles. The highest BCUT2D eigenvalue weighted by Gasteiger charge is 2.24. The first-order chi connectivity index (χ1) is 14.1. The molecule has 0 aliphatic rings. The van der Waals surface area contributed by atoms with E-state index in [-0.39, 0.29) is 23.1 Å². The second-order valence-electron chi connectivity index (χ2n) is 5.54. The minimum absolute atomic E-state index is 0.0160. The summed E-state index contributed by atoms with van der Waals surface area (Å²) in [4.78, 5) is 12.6. The van der Waals surface area contributed by atoms with Gasteiger partial charge in [0.15, 0.2) is 10.9 Å². The number of amides is 1. The highest BCUT2D eigenvalue weighted by Crippen LogP contribution is 2.24. The van der Waals surface area contributed by atoms with Crippen molar-refractivity contribution in [3.63, 3.8) is 0 Å². The third-order valence-corrected chi connectivity index (χ3v) is 5.35. The minimum atomic E-state index is -0.536. The van der Waals surface area contributed by atoms with E-state index in [1.807, 2.05) is 23.9 Å². The lowest BCUT2D eigenvalue weighted by atomic mass is 10.3. The third kappa shape index (κ3) is 3.99. The van der Waals surface area contributed by atoms with Crippen molar-refractivity contribution >= 4 is 41.0 Å². The maximum Gasteiger partial charge on any atom is 0.293 e. The zero-order chi connectivity index (χ0) is 20.2. The maximum absolute atomic E-state index is 12.6. The molecule has 4 heterocycles. The Kier molecular flexibility index (Phi) is 5.30. The van der Waals surface area contributed by atoms with Gasteiger partial charge in [0.2, 0.25) is 11.6 Å². The summed E-state index contributed by atoms with van der Waals surface area (Å²) < 4.78 is 7.67. The van der Waals surface area contributed by atoms with E-state index in [1.54, 1.807) is 10.9 Å². The lowest BCUT2D eigenvalue weighted by Gasteiger charge is -2.05. The summed E-state index contributed by atoms with van der Waals surface area (Å²) >= 11 is 2.86. The SMILES string of the molecule is Cn1cnnc1SCc1c(C(=O)N/N=C/c2ccsc2)nnn1-c1nonc1N. The fourth-order valence-corrected chi connectivity index (χ4v) is 3.71. The molecule has 0 spiro atoms. The van der Waals surface area contributed by atoms with Gasteiger partial charge in [0.25, 0.3) is 5.91 Å². The monoisotopic (exact) mass is 431 g/mol. The summed E-state index contributed by atoms with van der Waals surface area (Å²) in [6.45, 7) is 0. The van der Waals surface area contributed by atoms with E-state index in [2.05, 4.69) is 46.0 Å². The summed E-state index contributed by atoms with van der Waals surface area (Å²) in [5.41, 5.74) is 9.56. The van der Waals surface area contributed by atoms with E-state index in [4.69, 9.17) is 5.73 Å². The third-order valence-electron chi connectivity index (χ3n) is 3.61. The maximum atomic E-state index is 12.6. The number of carbonyl (C=O) groups is 1. The predicted octanol–water partition coefficient (Wildman–Crippen LogP) is 0.479. The van der Waals surface area contributed by atoms with Crippen LogP contribution in [-0.4, -0.2) is 52.2 Å². The number of thioether (sulfide) groups is 1. The number of carbonyl (C=O) groups excluding carboxylic acids is 1. The average molecular weight is 431 g/mol. The molecule has 1 amide bonds. The quantitative estimate of drug-likeness (QED) is 0.238. The van der Waals surface area contributed by atoms with Crippen molar-refractivity contribution in [1.29, 1.82) is 0 Å². The van der Waals surface area contributed by atoms with Gasteiger partial charge in [-0.05, 0) is 27.1 Å². The van der Waals surface area contributed by atoms with Gasteiger partial charge in [-0.15, -0.1) is 15.3 Å². The molecule has 4 rings (SSSR count). The number of rotatable bonds is 7. The minimum Gasteiger partial charge on any atom is -0.378 e. The standard InChI is InChI=1S/C14H13N11O2S2/c1-24-7-17-20-14(24)29-6-9-10(13(26)19-16-4-8-2-3-28-5-8)18-23-25(9)12-11(15)21-27-22-12/h2-5,7H,6H2,1H3,(H2,15,21)(H,19,26)/b16-4+. The summed E-state index contributed by atoms with van der Waals surface area (Å²) in [6, 6.07) is 1.87. The lowest BCUT2D eigenvalue weighted by molar-refractivity contribution is 0.0949. The van der Waals surface area contributed by atoms with Crippen LogP contribution in [0.1, 0.15) is 21.7 Å². The van der Waals surface area contributed by atoms with Crippen molar-refractivity contribution in [2.75, 3.05) is 5.73 Å². The number of nitrogens with zero attached hydrogens (tertiary/aromatic N) is 9. The van der Waals surface area contributed by atoms with Crippen LogP contribution >= 0.6 is 23.1 Å². The molecule has 0 unspecified atom stereocenters. The fraction of sp³-hybridized carbons (Fsp3) is 0.143. The number of anilines is 1. The Bertz CT molecular complexity index is 1140. The molecule has 0 saturated heterocycles. The Balaban J connectivity index is 1.60. The molecule has 0 aromatic carbocycles. The Morgan fingerprint density at radius 3 is 3.03 bits per heavy atom. The van der Waals surface area contributed by atoms with Crippen LogP contribution in [-0.2, 0) is 12.8 Å². The molecule has 13 nitrogen and oxygen atoms in total. The fourth-order valence-electron chi connectivity index (χ4n) is 2.22. The highest BCUT2D eigenvalue weighted by atomic mass is 32.2. The number of nitrogens with one attached hydrogen (secondary N) is 1. The van der Waals surface area contributed by atoms with Gasteiger partial charge < -0.3 is 10.3 Å². The van der Waals surface area contributed by atoms with Gasteiger partial charge in [0, 0.05) is 18.4 Å². The second-order valence-corrected chi connectivity index (χ2v) is 7.26. The first-order valence-corrected chi connectivity index (χ1v) is 9.91. The van der Waals surface area contributed by atoms with Gasteiger partial charge in [-0.3, -0.25) is 4.79 Å². The van der Waals surface area contributed by atoms with Crippen LogP contribution in [0.4, 0.5) is 5.82 Å². The molecular formula is C14H13N11O2S2. The molecule has 0 atom stereocenters. The number of hydrogen-bond acceptors (Lipinski definition) is 12. The smallest absolute Gasteiger partial charge is 0.293 e. The molecular weight excluding hydrogens is 418 g/mol. The van der Waals surface area contributed by atoms with Crippen LogP contribution in [0.2, 0.25) is 0 Å². The van der Waals surface area contributed by atoms with Gasteiger partial charge in [0.05, 0.1) is 11.9 Å². The largest absolute Gasteiger partial charge is 0.378 e. The number of thiophene rings is 1. The summed E-state index contributed by atoms with van der Waals surface area (Å²) in [5, 5.41) is 31.4. The number of nitrogen functional groups attached to an aromatic ring is 1. The van der Waals surface area contributed by atoms with E-state index < -0.39 is 5.91 Å². The van der Waals surface area contributed by atoms with Crippen LogP contribution in [0.25, 0.3) is 5.82 Å². The molecule has 148 valence electrons. The van der Waals surface area contributed by atoms with Crippen molar-refractivity contribution < 1.29 is 9.42 Å². The topological polar surface area (TPSA) is 168 Å². The second kappa shape index (κ2) is 8.19. The van der Waals surface area contributed by atoms with Crippen LogP contribution in [0.3, 0.4) is 0 Å². The average Bonchev–Trinajstić information content (AvgIpc) is 3.48. The predicted molar refractivity (Wildman–Crippen MR) is 104 cm³/mol. The Hall–Kier alpha value is -3.59.